The third-order valence-corrected chi connectivity index (χ3v) is 4.29. The van der Waals surface area contributed by atoms with Crippen LogP contribution in [0.3, 0.4) is 0 Å². The van der Waals surface area contributed by atoms with Crippen LogP contribution in [0.25, 0.3) is 0 Å². The summed E-state index contributed by atoms with van der Waals surface area (Å²) < 4.78 is 6.05. The smallest absolute Gasteiger partial charge is 0.143 e. The van der Waals surface area contributed by atoms with E-state index < -0.39 is 0 Å². The zero-order valence-corrected chi connectivity index (χ0v) is 12.2. The van der Waals surface area contributed by atoms with Gasteiger partial charge in [-0.25, -0.2) is 0 Å². The normalized spacial score (nSPS) is 27.3. The van der Waals surface area contributed by atoms with E-state index in [1.54, 1.807) is 0 Å². The van der Waals surface area contributed by atoms with Crippen LogP contribution in [-0.4, -0.2) is 17.1 Å². The van der Waals surface area contributed by atoms with Crippen molar-refractivity contribution < 1.29 is 9.94 Å². The van der Waals surface area contributed by atoms with E-state index in [9.17, 15) is 0 Å². The van der Waals surface area contributed by atoms with Gasteiger partial charge in [0.2, 0.25) is 0 Å². The van der Waals surface area contributed by atoms with Gasteiger partial charge in [-0.3, -0.25) is 0 Å². The predicted octanol–water partition coefficient (Wildman–Crippen LogP) is 3.18. The fourth-order valence-corrected chi connectivity index (χ4v) is 2.73. The van der Waals surface area contributed by atoms with Gasteiger partial charge < -0.3 is 15.7 Å². The van der Waals surface area contributed by atoms with Crippen molar-refractivity contribution in [1.29, 1.82) is 0 Å². The number of ether oxygens (including phenoxy) is 1. The molecule has 0 aromatic heterocycles. The maximum absolute atomic E-state index is 8.55. The first-order valence-corrected chi connectivity index (χ1v) is 7.30. The molecule has 0 heterocycles. The molecule has 3 N–H and O–H groups in total. The van der Waals surface area contributed by atoms with Crippen LogP contribution >= 0.6 is 0 Å². The van der Waals surface area contributed by atoms with Crippen molar-refractivity contribution in [2.24, 2.45) is 22.7 Å². The molecule has 20 heavy (non-hydrogen) atoms. The molecular formula is C16H24N2O2. The molecule has 1 fully saturated rings. The van der Waals surface area contributed by atoms with E-state index in [0.717, 1.165) is 36.0 Å². The molecule has 2 rings (SSSR count). The van der Waals surface area contributed by atoms with Gasteiger partial charge in [0.25, 0.3) is 0 Å². The van der Waals surface area contributed by atoms with Gasteiger partial charge in [-0.15, -0.1) is 0 Å². The second-order valence-electron chi connectivity index (χ2n) is 5.92. The van der Waals surface area contributed by atoms with Crippen LogP contribution in [0.2, 0.25) is 0 Å². The third kappa shape index (κ3) is 3.89. The fourth-order valence-electron chi connectivity index (χ4n) is 2.73. The zero-order chi connectivity index (χ0) is 14.5. The van der Waals surface area contributed by atoms with E-state index >= 15 is 0 Å². The van der Waals surface area contributed by atoms with Gasteiger partial charge in [0.05, 0.1) is 6.10 Å². The standard InChI is InChI=1S/C16H24N2O2/c1-11-3-6-15(9-12(11)2)20-14-7-4-13(5-8-14)10-16(17)18-19/h4-5,7-8,11-12,15,19H,3,6,9-10H2,1-2H3,(H2,17,18). The van der Waals surface area contributed by atoms with Crippen LogP contribution in [0, 0.1) is 11.8 Å². The van der Waals surface area contributed by atoms with E-state index in [4.69, 9.17) is 15.7 Å². The van der Waals surface area contributed by atoms with Gasteiger partial charge in [-0.05, 0) is 48.8 Å². The number of hydrogen-bond acceptors (Lipinski definition) is 3. The lowest BCUT2D eigenvalue weighted by atomic mass is 9.80. The molecule has 1 aliphatic rings. The SMILES string of the molecule is CC1CCC(Oc2ccc(CC(N)=NO)cc2)CC1C. The molecule has 0 aliphatic heterocycles. The van der Waals surface area contributed by atoms with Gasteiger partial charge >= 0.3 is 0 Å². The van der Waals surface area contributed by atoms with Crippen LogP contribution < -0.4 is 10.5 Å². The van der Waals surface area contributed by atoms with Crippen molar-refractivity contribution in [3.05, 3.63) is 29.8 Å². The summed E-state index contributed by atoms with van der Waals surface area (Å²) >= 11 is 0. The minimum Gasteiger partial charge on any atom is -0.490 e. The largest absolute Gasteiger partial charge is 0.490 e. The molecule has 3 atom stereocenters. The Morgan fingerprint density at radius 2 is 1.95 bits per heavy atom. The Balaban J connectivity index is 1.91. The highest BCUT2D eigenvalue weighted by Gasteiger charge is 2.25. The summed E-state index contributed by atoms with van der Waals surface area (Å²) in [5, 5.41) is 11.5. The molecule has 0 saturated heterocycles. The number of benzene rings is 1. The van der Waals surface area contributed by atoms with Crippen LogP contribution in [0.4, 0.5) is 0 Å². The lowest BCUT2D eigenvalue weighted by Crippen LogP contribution is -2.28. The molecule has 0 radical (unpaired) electrons. The first-order chi connectivity index (χ1) is 9.58. The lowest BCUT2D eigenvalue weighted by molar-refractivity contribution is 0.101. The van der Waals surface area contributed by atoms with Gasteiger partial charge in [-0.1, -0.05) is 31.1 Å². The molecule has 1 aromatic carbocycles. The van der Waals surface area contributed by atoms with E-state index in [-0.39, 0.29) is 5.84 Å². The highest BCUT2D eigenvalue weighted by molar-refractivity contribution is 5.82. The second kappa shape index (κ2) is 6.64. The summed E-state index contributed by atoms with van der Waals surface area (Å²) in [7, 11) is 0. The topological polar surface area (TPSA) is 67.8 Å². The van der Waals surface area contributed by atoms with Gasteiger partial charge in [0.15, 0.2) is 0 Å². The van der Waals surface area contributed by atoms with E-state index in [0.29, 0.717) is 12.5 Å². The molecule has 1 aliphatic carbocycles. The molecular weight excluding hydrogens is 252 g/mol. The first-order valence-electron chi connectivity index (χ1n) is 7.30. The zero-order valence-electron chi connectivity index (χ0n) is 12.2. The van der Waals surface area contributed by atoms with Crippen molar-refractivity contribution >= 4 is 5.84 Å². The summed E-state index contributed by atoms with van der Waals surface area (Å²) in [6, 6.07) is 7.84. The summed E-state index contributed by atoms with van der Waals surface area (Å²) in [5.41, 5.74) is 6.50. The average Bonchev–Trinajstić information content (AvgIpc) is 2.45. The molecule has 3 unspecified atom stereocenters. The Bertz CT molecular complexity index is 456. The maximum Gasteiger partial charge on any atom is 0.143 e. The predicted molar refractivity (Wildman–Crippen MR) is 80.1 cm³/mol. The second-order valence-corrected chi connectivity index (χ2v) is 5.92. The van der Waals surface area contributed by atoms with Crippen molar-refractivity contribution in [2.75, 3.05) is 0 Å². The number of nitrogens with two attached hydrogens (primary N) is 1. The van der Waals surface area contributed by atoms with Crippen LogP contribution in [-0.2, 0) is 6.42 Å². The Kier molecular flexibility index (Phi) is 4.88. The highest BCUT2D eigenvalue weighted by atomic mass is 16.5. The number of oxime groups is 1. The molecule has 4 heteroatoms. The molecule has 0 amide bonds. The summed E-state index contributed by atoms with van der Waals surface area (Å²) in [6.07, 6.45) is 4.29. The molecule has 0 bridgehead atoms. The monoisotopic (exact) mass is 276 g/mol. The number of nitrogens with zero attached hydrogens (tertiary/aromatic N) is 1. The molecule has 110 valence electrons. The van der Waals surface area contributed by atoms with Crippen molar-refractivity contribution in [3.8, 4) is 5.75 Å². The minimum absolute atomic E-state index is 0.216. The van der Waals surface area contributed by atoms with Crippen LogP contribution in [0.1, 0.15) is 38.7 Å². The van der Waals surface area contributed by atoms with E-state index in [1.807, 2.05) is 24.3 Å². The lowest BCUT2D eigenvalue weighted by Gasteiger charge is -2.32. The number of amidine groups is 1. The van der Waals surface area contributed by atoms with E-state index in [1.165, 1.54) is 6.42 Å². The van der Waals surface area contributed by atoms with Crippen LogP contribution in [0.15, 0.2) is 29.4 Å². The molecule has 1 aromatic rings. The van der Waals surface area contributed by atoms with Crippen molar-refractivity contribution in [1.82, 2.24) is 0 Å². The first kappa shape index (κ1) is 14.7. The van der Waals surface area contributed by atoms with Crippen molar-refractivity contribution in [3.63, 3.8) is 0 Å². The highest BCUT2D eigenvalue weighted by Crippen LogP contribution is 2.31. The number of hydrogen-bond donors (Lipinski definition) is 2. The fraction of sp³-hybridized carbons (Fsp3) is 0.562. The van der Waals surface area contributed by atoms with Crippen LogP contribution in [0.5, 0.6) is 5.75 Å². The summed E-state index contributed by atoms with van der Waals surface area (Å²) in [4.78, 5) is 0. The third-order valence-electron chi connectivity index (χ3n) is 4.29. The summed E-state index contributed by atoms with van der Waals surface area (Å²) in [6.45, 7) is 4.63. The number of rotatable bonds is 4. The van der Waals surface area contributed by atoms with Gasteiger partial charge in [0, 0.05) is 6.42 Å². The minimum atomic E-state index is 0.216. The molecule has 1 saturated carbocycles. The van der Waals surface area contributed by atoms with Crippen molar-refractivity contribution in [2.45, 2.75) is 45.6 Å². The van der Waals surface area contributed by atoms with E-state index in [2.05, 4.69) is 19.0 Å². The maximum atomic E-state index is 8.55. The quantitative estimate of drug-likeness (QED) is 0.384. The molecule has 4 nitrogen and oxygen atoms in total. The summed E-state index contributed by atoms with van der Waals surface area (Å²) in [5.74, 6) is 2.65. The van der Waals surface area contributed by atoms with Gasteiger partial charge in [0.1, 0.15) is 11.6 Å². The Morgan fingerprint density at radius 3 is 2.55 bits per heavy atom. The molecule has 0 spiro atoms. The Hall–Kier alpha value is -1.71. The Labute approximate surface area is 120 Å². The van der Waals surface area contributed by atoms with Gasteiger partial charge in [-0.2, -0.15) is 0 Å². The average molecular weight is 276 g/mol. The Morgan fingerprint density at radius 1 is 1.25 bits per heavy atom.